The van der Waals surface area contributed by atoms with Crippen LogP contribution in [0.3, 0.4) is 0 Å². The summed E-state index contributed by atoms with van der Waals surface area (Å²) in [4.78, 5) is 11.3. The smallest absolute Gasteiger partial charge is 0.341 e. The average molecular weight is 262 g/mol. The van der Waals surface area contributed by atoms with Crippen LogP contribution in [-0.2, 0) is 4.74 Å². The molecule has 0 aliphatic rings. The van der Waals surface area contributed by atoms with Crippen LogP contribution in [0.4, 0.5) is 10.1 Å². The van der Waals surface area contributed by atoms with E-state index in [0.29, 0.717) is 4.47 Å². The van der Waals surface area contributed by atoms with Crippen molar-refractivity contribution in [2.24, 2.45) is 0 Å². The van der Waals surface area contributed by atoms with Crippen LogP contribution >= 0.6 is 15.9 Å². The lowest BCUT2D eigenvalue weighted by atomic mass is 10.2. The highest BCUT2D eigenvalue weighted by molar-refractivity contribution is 9.10. The van der Waals surface area contributed by atoms with Crippen molar-refractivity contribution >= 4 is 27.6 Å². The second-order valence-corrected chi connectivity index (χ2v) is 3.43. The highest BCUT2D eigenvalue weighted by Gasteiger charge is 2.15. The van der Waals surface area contributed by atoms with E-state index in [1.54, 1.807) is 6.92 Å². The van der Waals surface area contributed by atoms with E-state index >= 15 is 0 Å². The number of benzene rings is 1. The topological polar surface area (TPSA) is 52.3 Å². The molecule has 1 aromatic carbocycles. The number of nitrogens with two attached hydrogens (primary N) is 1. The molecule has 1 aromatic rings. The van der Waals surface area contributed by atoms with Gasteiger partial charge in [-0.05, 0) is 35.0 Å². The zero-order chi connectivity index (χ0) is 10.7. The molecule has 0 fully saturated rings. The Balaban J connectivity index is 3.14. The van der Waals surface area contributed by atoms with E-state index in [4.69, 9.17) is 10.5 Å². The third-order valence-corrected chi connectivity index (χ3v) is 2.19. The zero-order valence-corrected chi connectivity index (χ0v) is 9.10. The minimum atomic E-state index is -0.558. The van der Waals surface area contributed by atoms with Crippen LogP contribution in [0, 0.1) is 5.82 Å². The first-order valence-corrected chi connectivity index (χ1v) is 4.77. The number of carbonyl (C=O) groups is 1. The molecule has 2 N–H and O–H groups in total. The summed E-state index contributed by atoms with van der Waals surface area (Å²) in [5.41, 5.74) is 5.71. The van der Waals surface area contributed by atoms with Gasteiger partial charge in [-0.25, -0.2) is 9.18 Å². The lowest BCUT2D eigenvalue weighted by molar-refractivity contribution is 0.0526. The Kier molecular flexibility index (Phi) is 3.46. The second kappa shape index (κ2) is 4.41. The summed E-state index contributed by atoms with van der Waals surface area (Å²) in [6.45, 7) is 1.94. The van der Waals surface area contributed by atoms with Gasteiger partial charge in [-0.3, -0.25) is 0 Å². The fourth-order valence-corrected chi connectivity index (χ4v) is 1.62. The van der Waals surface area contributed by atoms with Crippen LogP contribution in [-0.4, -0.2) is 12.6 Å². The predicted molar refractivity (Wildman–Crippen MR) is 54.5 cm³/mol. The molecule has 0 aromatic heterocycles. The van der Waals surface area contributed by atoms with Gasteiger partial charge in [0.25, 0.3) is 0 Å². The number of esters is 1. The van der Waals surface area contributed by atoms with Crippen LogP contribution in [0.5, 0.6) is 0 Å². The number of nitrogen functional groups attached to an aromatic ring is 1. The maximum Gasteiger partial charge on any atom is 0.341 e. The Morgan fingerprint density at radius 2 is 2.29 bits per heavy atom. The number of hydrogen-bond acceptors (Lipinski definition) is 3. The van der Waals surface area contributed by atoms with Crippen LogP contribution < -0.4 is 5.73 Å². The van der Waals surface area contributed by atoms with E-state index in [2.05, 4.69) is 15.9 Å². The van der Waals surface area contributed by atoms with Crippen LogP contribution in [0.2, 0.25) is 0 Å². The molecule has 0 heterocycles. The predicted octanol–water partition coefficient (Wildman–Crippen LogP) is 2.35. The van der Waals surface area contributed by atoms with Crippen LogP contribution in [0.15, 0.2) is 16.6 Å². The first-order chi connectivity index (χ1) is 6.56. The molecule has 0 aliphatic carbocycles. The van der Waals surface area contributed by atoms with Gasteiger partial charge in [-0.2, -0.15) is 0 Å². The number of anilines is 1. The normalized spacial score (nSPS) is 9.93. The molecule has 0 saturated heterocycles. The van der Waals surface area contributed by atoms with Gasteiger partial charge < -0.3 is 10.5 Å². The van der Waals surface area contributed by atoms with Crippen molar-refractivity contribution in [2.75, 3.05) is 12.3 Å². The first kappa shape index (κ1) is 11.0. The van der Waals surface area contributed by atoms with Gasteiger partial charge in [0.2, 0.25) is 0 Å². The van der Waals surface area contributed by atoms with Gasteiger partial charge in [0.15, 0.2) is 0 Å². The fourth-order valence-electron chi connectivity index (χ4n) is 1.01. The molecule has 0 bridgehead atoms. The Morgan fingerprint density at radius 1 is 1.64 bits per heavy atom. The van der Waals surface area contributed by atoms with Gasteiger partial charge in [-0.15, -0.1) is 0 Å². The Labute approximate surface area is 89.2 Å². The van der Waals surface area contributed by atoms with Gasteiger partial charge >= 0.3 is 5.97 Å². The molecule has 5 heteroatoms. The number of ether oxygens (including phenoxy) is 1. The number of rotatable bonds is 2. The van der Waals surface area contributed by atoms with E-state index in [1.807, 2.05) is 0 Å². The Morgan fingerprint density at radius 3 is 2.79 bits per heavy atom. The summed E-state index contributed by atoms with van der Waals surface area (Å²) in [5.74, 6) is -1.06. The molecule has 0 saturated carbocycles. The SMILES string of the molecule is CCOC(=O)c1c(N)cc(F)cc1Br. The van der Waals surface area contributed by atoms with E-state index < -0.39 is 11.8 Å². The molecule has 0 amide bonds. The lowest BCUT2D eigenvalue weighted by Crippen LogP contribution is -2.09. The Bertz CT molecular complexity index is 345. The highest BCUT2D eigenvalue weighted by Crippen LogP contribution is 2.25. The minimum absolute atomic E-state index is 0.0651. The number of halogens is 2. The van der Waals surface area contributed by atoms with Crippen molar-refractivity contribution in [1.29, 1.82) is 0 Å². The summed E-state index contributed by atoms with van der Waals surface area (Å²) in [5, 5.41) is 0. The van der Waals surface area contributed by atoms with Crippen LogP contribution in [0.1, 0.15) is 17.3 Å². The van der Waals surface area contributed by atoms with Gasteiger partial charge in [0, 0.05) is 4.47 Å². The molecule has 0 unspecified atom stereocenters. The van der Waals surface area contributed by atoms with E-state index in [-0.39, 0.29) is 17.9 Å². The summed E-state index contributed by atoms with van der Waals surface area (Å²) >= 11 is 3.05. The van der Waals surface area contributed by atoms with Crippen molar-refractivity contribution < 1.29 is 13.9 Å². The zero-order valence-electron chi connectivity index (χ0n) is 7.51. The fraction of sp³-hybridized carbons (Fsp3) is 0.222. The third-order valence-electron chi connectivity index (χ3n) is 1.57. The molecule has 14 heavy (non-hydrogen) atoms. The molecular formula is C9H9BrFNO2. The maximum absolute atomic E-state index is 12.8. The van der Waals surface area contributed by atoms with Gasteiger partial charge in [0.05, 0.1) is 17.9 Å². The van der Waals surface area contributed by atoms with Crippen molar-refractivity contribution in [1.82, 2.24) is 0 Å². The maximum atomic E-state index is 12.8. The molecule has 0 atom stereocenters. The molecule has 3 nitrogen and oxygen atoms in total. The standard InChI is InChI=1S/C9H9BrFNO2/c1-2-14-9(13)8-6(10)3-5(11)4-7(8)12/h3-4H,2,12H2,1H3. The van der Waals surface area contributed by atoms with Gasteiger partial charge in [-0.1, -0.05) is 0 Å². The largest absolute Gasteiger partial charge is 0.462 e. The highest BCUT2D eigenvalue weighted by atomic mass is 79.9. The first-order valence-electron chi connectivity index (χ1n) is 3.98. The van der Waals surface area contributed by atoms with Crippen molar-refractivity contribution in [3.8, 4) is 0 Å². The summed E-state index contributed by atoms with van der Waals surface area (Å²) in [7, 11) is 0. The minimum Gasteiger partial charge on any atom is -0.462 e. The number of hydrogen-bond donors (Lipinski definition) is 1. The Hall–Kier alpha value is -1.10. The van der Waals surface area contributed by atoms with E-state index in [9.17, 15) is 9.18 Å². The summed E-state index contributed by atoms with van der Waals surface area (Å²) < 4.78 is 17.9. The lowest BCUT2D eigenvalue weighted by Gasteiger charge is -2.07. The molecule has 0 spiro atoms. The third kappa shape index (κ3) is 2.23. The van der Waals surface area contributed by atoms with Gasteiger partial charge in [0.1, 0.15) is 5.82 Å². The average Bonchev–Trinajstić information content (AvgIpc) is 2.01. The van der Waals surface area contributed by atoms with Crippen molar-refractivity contribution in [2.45, 2.75) is 6.92 Å². The molecule has 1 rings (SSSR count). The number of carbonyl (C=O) groups excluding carboxylic acids is 1. The van der Waals surface area contributed by atoms with Crippen molar-refractivity contribution in [3.05, 3.63) is 28.0 Å². The molecule has 0 aliphatic heterocycles. The van der Waals surface area contributed by atoms with E-state index in [1.165, 1.54) is 6.07 Å². The monoisotopic (exact) mass is 261 g/mol. The quantitative estimate of drug-likeness (QED) is 0.657. The second-order valence-electron chi connectivity index (χ2n) is 2.57. The van der Waals surface area contributed by atoms with Crippen molar-refractivity contribution in [3.63, 3.8) is 0 Å². The van der Waals surface area contributed by atoms with Crippen LogP contribution in [0.25, 0.3) is 0 Å². The van der Waals surface area contributed by atoms with E-state index in [0.717, 1.165) is 6.07 Å². The summed E-state index contributed by atoms with van der Waals surface area (Å²) in [6.07, 6.45) is 0. The summed E-state index contributed by atoms with van der Waals surface area (Å²) in [6, 6.07) is 2.25. The molecular weight excluding hydrogens is 253 g/mol. The molecule has 76 valence electrons. The molecule has 0 radical (unpaired) electrons.